The van der Waals surface area contributed by atoms with Crippen LogP contribution in [0.2, 0.25) is 0 Å². The summed E-state index contributed by atoms with van der Waals surface area (Å²) in [6.07, 6.45) is -13.6. The van der Waals surface area contributed by atoms with Crippen molar-refractivity contribution < 1.29 is 55.5 Å². The van der Waals surface area contributed by atoms with Gasteiger partial charge in [0.2, 0.25) is 0 Å². The second-order valence-corrected chi connectivity index (χ2v) is 4.61. The van der Waals surface area contributed by atoms with Gasteiger partial charge < -0.3 is 50.7 Å². The van der Waals surface area contributed by atoms with Crippen molar-refractivity contribution in [2.45, 2.75) is 42.7 Å². The zero-order valence-electron chi connectivity index (χ0n) is 11.5. The van der Waals surface area contributed by atoms with Gasteiger partial charge in [0.05, 0.1) is 13.2 Å². The van der Waals surface area contributed by atoms with Crippen LogP contribution in [0.25, 0.3) is 0 Å². The molecule has 132 valence electrons. The number of esters is 1. The molecule has 22 heavy (non-hydrogen) atoms. The minimum Gasteiger partial charge on any atom is -0.461 e. The molecule has 0 fully saturated rings. The molecule has 0 aromatic carbocycles. The van der Waals surface area contributed by atoms with Crippen LogP contribution in [0.3, 0.4) is 0 Å². The fraction of sp³-hybridized carbons (Fsp3) is 0.909. The third-order valence-corrected chi connectivity index (χ3v) is 2.87. The molecular weight excluding hydrogens is 308 g/mol. The fourth-order valence-electron chi connectivity index (χ4n) is 1.38. The average Bonchev–Trinajstić information content (AvgIpc) is 2.54. The average molecular weight is 330 g/mol. The third kappa shape index (κ3) is 6.08. The number of hydrogen-bond acceptors (Lipinski definition) is 11. The molecule has 0 radical (unpaired) electrons. The Bertz CT molecular complexity index is 325. The van der Waals surface area contributed by atoms with E-state index in [1.54, 1.807) is 0 Å². The van der Waals surface area contributed by atoms with Gasteiger partial charge in [0.25, 0.3) is 0 Å². The van der Waals surface area contributed by atoms with Gasteiger partial charge in [0.15, 0.2) is 6.10 Å². The Morgan fingerprint density at radius 1 is 0.727 bits per heavy atom. The van der Waals surface area contributed by atoms with E-state index in [0.717, 1.165) is 0 Å². The van der Waals surface area contributed by atoms with Gasteiger partial charge in [0.1, 0.15) is 43.2 Å². The molecule has 0 aliphatic rings. The van der Waals surface area contributed by atoms with Gasteiger partial charge in [0, 0.05) is 0 Å². The smallest absolute Gasteiger partial charge is 0.337 e. The predicted octanol–water partition coefficient (Wildman–Crippen LogP) is -5.96. The molecule has 0 rings (SSSR count). The van der Waals surface area contributed by atoms with Crippen molar-refractivity contribution in [2.75, 3.05) is 19.8 Å². The van der Waals surface area contributed by atoms with Crippen molar-refractivity contribution >= 4 is 5.97 Å². The molecule has 0 aromatic heterocycles. The molecule has 7 atom stereocenters. The fourth-order valence-corrected chi connectivity index (χ4v) is 1.38. The minimum absolute atomic E-state index is 0.848. The first-order valence-electron chi connectivity index (χ1n) is 6.32. The number of hydrogen-bond donors (Lipinski definition) is 9. The van der Waals surface area contributed by atoms with Crippen LogP contribution in [-0.2, 0) is 9.53 Å². The van der Waals surface area contributed by atoms with Crippen LogP contribution in [0, 0.1) is 0 Å². The van der Waals surface area contributed by atoms with E-state index >= 15 is 0 Å². The lowest BCUT2D eigenvalue weighted by atomic mass is 10.0. The van der Waals surface area contributed by atoms with Crippen molar-refractivity contribution in [3.05, 3.63) is 0 Å². The summed E-state index contributed by atoms with van der Waals surface area (Å²) in [5.41, 5.74) is 0. The monoisotopic (exact) mass is 330 g/mol. The molecule has 0 spiro atoms. The van der Waals surface area contributed by atoms with E-state index in [4.69, 9.17) is 20.4 Å². The van der Waals surface area contributed by atoms with Crippen LogP contribution in [-0.4, -0.2) is 114 Å². The summed E-state index contributed by atoms with van der Waals surface area (Å²) < 4.78 is 4.36. The maximum Gasteiger partial charge on any atom is 0.337 e. The van der Waals surface area contributed by atoms with Gasteiger partial charge in [-0.15, -0.1) is 0 Å². The highest BCUT2D eigenvalue weighted by Gasteiger charge is 2.35. The Morgan fingerprint density at radius 2 is 1.18 bits per heavy atom. The lowest BCUT2D eigenvalue weighted by Crippen LogP contribution is -2.50. The van der Waals surface area contributed by atoms with Crippen molar-refractivity contribution in [1.82, 2.24) is 0 Å². The van der Waals surface area contributed by atoms with Crippen molar-refractivity contribution in [1.29, 1.82) is 0 Å². The number of carbonyl (C=O) groups is 1. The molecule has 0 aliphatic carbocycles. The maximum atomic E-state index is 11.4. The molecular formula is C11H22O11. The molecule has 0 aromatic rings. The Hall–Kier alpha value is -0.890. The van der Waals surface area contributed by atoms with E-state index in [-0.39, 0.29) is 0 Å². The van der Waals surface area contributed by atoms with Crippen LogP contribution >= 0.6 is 0 Å². The quantitative estimate of drug-likeness (QED) is 0.172. The molecule has 11 nitrogen and oxygen atoms in total. The lowest BCUT2D eigenvalue weighted by Gasteiger charge is -2.25. The van der Waals surface area contributed by atoms with Crippen LogP contribution in [0.15, 0.2) is 0 Å². The second kappa shape index (κ2) is 9.99. The molecule has 0 heterocycles. The number of aliphatic hydroxyl groups is 9. The summed E-state index contributed by atoms with van der Waals surface area (Å²) in [6.45, 7) is -2.65. The van der Waals surface area contributed by atoms with Gasteiger partial charge in [-0.2, -0.15) is 0 Å². The predicted molar refractivity (Wildman–Crippen MR) is 67.2 cm³/mol. The van der Waals surface area contributed by atoms with Gasteiger partial charge >= 0.3 is 5.97 Å². The van der Waals surface area contributed by atoms with Crippen molar-refractivity contribution in [3.63, 3.8) is 0 Å². The molecule has 0 saturated carbocycles. The van der Waals surface area contributed by atoms with Gasteiger partial charge in [-0.25, -0.2) is 4.79 Å². The summed E-state index contributed by atoms with van der Waals surface area (Å²) in [6, 6.07) is 0. The van der Waals surface area contributed by atoms with Crippen LogP contribution in [0.5, 0.6) is 0 Å². The zero-order chi connectivity index (χ0) is 17.4. The van der Waals surface area contributed by atoms with Crippen LogP contribution in [0.4, 0.5) is 0 Å². The second-order valence-electron chi connectivity index (χ2n) is 4.61. The Kier molecular flexibility index (Phi) is 9.59. The summed E-state index contributed by atoms with van der Waals surface area (Å²) in [5, 5.41) is 82.0. The highest BCUT2D eigenvalue weighted by Crippen LogP contribution is 2.08. The van der Waals surface area contributed by atoms with E-state index in [1.807, 2.05) is 0 Å². The van der Waals surface area contributed by atoms with E-state index in [9.17, 15) is 30.3 Å². The lowest BCUT2D eigenvalue weighted by molar-refractivity contribution is -0.176. The zero-order valence-corrected chi connectivity index (χ0v) is 11.5. The maximum absolute atomic E-state index is 11.4. The number of rotatable bonds is 10. The normalized spacial score (nSPS) is 21.3. The summed E-state index contributed by atoms with van der Waals surface area (Å²) in [7, 11) is 0. The molecule has 9 N–H and O–H groups in total. The SMILES string of the molecule is O=C(OC[C@@H](O)[C@H](O)[C@H](O)CO)[C@H](O)[C@@H](O)[C@H](O)[C@H](O)CO. The third-order valence-electron chi connectivity index (χ3n) is 2.87. The highest BCUT2D eigenvalue weighted by molar-refractivity contribution is 5.75. The standard InChI is InChI=1S/C11H22O11/c12-1-4(14)7(17)6(16)3-22-11(21)10(20)9(19)8(18)5(15)2-13/h4-10,12-20H,1-3H2/t4-,5-,6-,7-,8-,9+,10-/m1/s1. The molecule has 0 aliphatic heterocycles. The minimum atomic E-state index is -2.29. The molecule has 0 saturated heterocycles. The van der Waals surface area contributed by atoms with E-state index in [0.29, 0.717) is 0 Å². The highest BCUT2D eigenvalue weighted by atomic mass is 16.6. The first-order valence-corrected chi connectivity index (χ1v) is 6.32. The summed E-state index contributed by atoms with van der Waals surface area (Å²) in [4.78, 5) is 11.4. The summed E-state index contributed by atoms with van der Waals surface area (Å²) >= 11 is 0. The Labute approximate surface area is 125 Å². The number of carbonyl (C=O) groups excluding carboxylic acids is 1. The van der Waals surface area contributed by atoms with Crippen LogP contribution in [0.1, 0.15) is 0 Å². The van der Waals surface area contributed by atoms with E-state index in [1.165, 1.54) is 0 Å². The largest absolute Gasteiger partial charge is 0.461 e. The number of ether oxygens (including phenoxy) is 1. The number of aliphatic hydroxyl groups excluding tert-OH is 9. The Morgan fingerprint density at radius 3 is 1.64 bits per heavy atom. The van der Waals surface area contributed by atoms with Crippen LogP contribution < -0.4 is 0 Å². The molecule has 0 unspecified atom stereocenters. The van der Waals surface area contributed by atoms with E-state index < -0.39 is 68.5 Å². The molecule has 11 heteroatoms. The van der Waals surface area contributed by atoms with Gasteiger partial charge in [-0.3, -0.25) is 0 Å². The van der Waals surface area contributed by atoms with Gasteiger partial charge in [-0.05, 0) is 0 Å². The van der Waals surface area contributed by atoms with Crippen molar-refractivity contribution in [3.8, 4) is 0 Å². The molecule has 0 amide bonds. The summed E-state index contributed by atoms with van der Waals surface area (Å²) in [5.74, 6) is -1.48. The van der Waals surface area contributed by atoms with Crippen molar-refractivity contribution in [2.24, 2.45) is 0 Å². The van der Waals surface area contributed by atoms with E-state index in [2.05, 4.69) is 4.74 Å². The van der Waals surface area contributed by atoms with Gasteiger partial charge in [-0.1, -0.05) is 0 Å². The topological polar surface area (TPSA) is 208 Å². The first kappa shape index (κ1) is 21.1. The molecule has 0 bridgehead atoms. The first-order chi connectivity index (χ1) is 10.2. The Balaban J connectivity index is 4.42.